The molecular weight excluding hydrogens is 611 g/mol. The number of β-lactam (4-membered cyclic amide) rings is 1. The van der Waals surface area contributed by atoms with Crippen molar-refractivity contribution in [2.24, 2.45) is 10.9 Å². The highest BCUT2D eigenvalue weighted by molar-refractivity contribution is 8.02. The van der Waals surface area contributed by atoms with Gasteiger partial charge in [0.1, 0.15) is 34.8 Å². The highest BCUT2D eigenvalue weighted by Gasteiger charge is 2.54. The van der Waals surface area contributed by atoms with Crippen molar-refractivity contribution in [3.63, 3.8) is 0 Å². The van der Waals surface area contributed by atoms with Crippen molar-refractivity contribution in [2.75, 3.05) is 18.1 Å². The van der Waals surface area contributed by atoms with Crippen LogP contribution < -0.4 is 11.1 Å². The van der Waals surface area contributed by atoms with Crippen LogP contribution in [0.3, 0.4) is 0 Å². The number of aromatic nitrogens is 4. The lowest BCUT2D eigenvalue weighted by Gasteiger charge is -2.49. The third-order valence-electron chi connectivity index (χ3n) is 5.57. The van der Waals surface area contributed by atoms with Crippen molar-refractivity contribution in [3.8, 4) is 12.3 Å². The molecule has 2 unspecified atom stereocenters. The lowest BCUT2D eigenvalue weighted by atomic mass is 10.0. The summed E-state index contributed by atoms with van der Waals surface area (Å²) in [6.07, 6.45) is 6.83. The first kappa shape index (κ1) is 31.2. The molecule has 1 fully saturated rings. The highest BCUT2D eigenvalue weighted by Crippen LogP contribution is 2.41. The predicted molar refractivity (Wildman–Crippen MR) is 153 cm³/mol. The van der Waals surface area contributed by atoms with E-state index in [0.717, 1.165) is 4.90 Å². The molecule has 4 rings (SSSR count). The van der Waals surface area contributed by atoms with Crippen LogP contribution in [-0.2, 0) is 35.3 Å². The summed E-state index contributed by atoms with van der Waals surface area (Å²) < 4.78 is 6.57. The predicted octanol–water partition coefficient (Wildman–Crippen LogP) is -0.429. The van der Waals surface area contributed by atoms with Gasteiger partial charge in [0.2, 0.25) is 17.6 Å². The minimum atomic E-state index is -1.28. The number of carboxylic acids is 1. The van der Waals surface area contributed by atoms with Gasteiger partial charge in [-0.25, -0.2) is 14.3 Å². The zero-order chi connectivity index (χ0) is 30.6. The number of amides is 2. The lowest BCUT2D eigenvalue weighted by molar-refractivity contribution is -0.160. The Hall–Kier alpha value is -3.73. The number of thioether (sulfide) groups is 3. The van der Waals surface area contributed by atoms with Crippen molar-refractivity contribution >= 4 is 64.9 Å². The molecular formula is C23H27N9O7S3. The van der Waals surface area contributed by atoms with E-state index in [2.05, 4.69) is 31.9 Å². The second-order valence-corrected chi connectivity index (χ2v) is 12.8. The van der Waals surface area contributed by atoms with Gasteiger partial charge in [-0.2, -0.15) is 0 Å². The maximum Gasteiger partial charge on any atom is 0.352 e. The Bertz CT molecular complexity index is 1400. The van der Waals surface area contributed by atoms with E-state index < -0.39 is 52.9 Å². The number of hydrogen-bond acceptors (Lipinski definition) is 14. The SMILES string of the molecule is C#CCn1nnnc1SCC1=C(C(=O)O)N2C(=O)C(NC(=O)C(=NOCC(=O)OC(C)(C)C)N3C=CSC3N)[C@H]2SC1. The summed E-state index contributed by atoms with van der Waals surface area (Å²) in [5.74, 6) is -0.762. The number of oxime groups is 1. The fourth-order valence-electron chi connectivity index (χ4n) is 3.88. The highest BCUT2D eigenvalue weighted by atomic mass is 32.2. The molecule has 0 radical (unpaired) electrons. The van der Waals surface area contributed by atoms with E-state index in [1.165, 1.54) is 51.1 Å². The van der Waals surface area contributed by atoms with E-state index in [9.17, 15) is 24.3 Å². The Morgan fingerprint density at radius 3 is 2.79 bits per heavy atom. The number of nitrogens with one attached hydrogen (secondary N) is 1. The van der Waals surface area contributed by atoms with E-state index in [1.807, 2.05) is 0 Å². The molecule has 3 aliphatic heterocycles. The second-order valence-electron chi connectivity index (χ2n) is 9.72. The number of fused-ring (bicyclic) bond motifs is 1. The zero-order valence-corrected chi connectivity index (χ0v) is 25.1. The fourth-order valence-corrected chi connectivity index (χ4v) is 6.91. The quantitative estimate of drug-likeness (QED) is 0.0597. The van der Waals surface area contributed by atoms with Crippen molar-refractivity contribution in [1.82, 2.24) is 35.3 Å². The molecule has 1 saturated heterocycles. The average Bonchev–Trinajstić information content (AvgIpc) is 3.55. The van der Waals surface area contributed by atoms with E-state index in [0.29, 0.717) is 10.7 Å². The van der Waals surface area contributed by atoms with Crippen LogP contribution in [-0.4, -0.2) is 105 Å². The number of rotatable bonds is 9. The number of hydrogen-bond donors (Lipinski definition) is 3. The number of tetrazole rings is 1. The van der Waals surface area contributed by atoms with Crippen molar-refractivity contribution in [2.45, 2.75) is 55.0 Å². The van der Waals surface area contributed by atoms with E-state index in [1.54, 1.807) is 26.2 Å². The number of aliphatic carboxylic acids is 1. The molecule has 19 heteroatoms. The molecule has 0 bridgehead atoms. The summed E-state index contributed by atoms with van der Waals surface area (Å²) >= 11 is 3.69. The molecule has 16 nitrogen and oxygen atoms in total. The smallest absolute Gasteiger partial charge is 0.352 e. The Morgan fingerprint density at radius 2 is 2.14 bits per heavy atom. The number of carbonyl (C=O) groups is 4. The zero-order valence-electron chi connectivity index (χ0n) is 22.6. The van der Waals surface area contributed by atoms with Gasteiger partial charge in [-0.1, -0.05) is 34.6 Å². The van der Waals surface area contributed by atoms with Gasteiger partial charge in [0.15, 0.2) is 0 Å². The van der Waals surface area contributed by atoms with Crippen molar-refractivity contribution in [1.29, 1.82) is 0 Å². The fraction of sp³-hybridized carbons (Fsp3) is 0.478. The molecule has 0 spiro atoms. The van der Waals surface area contributed by atoms with Gasteiger partial charge >= 0.3 is 11.9 Å². The summed E-state index contributed by atoms with van der Waals surface area (Å²) in [6.45, 7) is 4.67. The van der Waals surface area contributed by atoms with Crippen LogP contribution in [0.4, 0.5) is 0 Å². The number of carbonyl (C=O) groups excluding carboxylic acids is 3. The first-order valence-electron chi connectivity index (χ1n) is 12.2. The van der Waals surface area contributed by atoms with Gasteiger partial charge in [0.25, 0.3) is 11.8 Å². The van der Waals surface area contributed by atoms with Crippen LogP contribution in [0.2, 0.25) is 0 Å². The second kappa shape index (κ2) is 13.1. The van der Waals surface area contributed by atoms with Gasteiger partial charge in [-0.15, -0.1) is 23.3 Å². The van der Waals surface area contributed by atoms with Crippen LogP contribution in [0.5, 0.6) is 0 Å². The van der Waals surface area contributed by atoms with Crippen LogP contribution in [0.15, 0.2) is 33.2 Å². The molecule has 1 aromatic heterocycles. The van der Waals surface area contributed by atoms with Gasteiger partial charge in [0, 0.05) is 17.7 Å². The average molecular weight is 638 g/mol. The molecule has 4 heterocycles. The Labute approximate surface area is 252 Å². The van der Waals surface area contributed by atoms with Crippen LogP contribution in [0.1, 0.15) is 20.8 Å². The molecule has 4 N–H and O–H groups in total. The Kier molecular flexibility index (Phi) is 9.71. The number of carboxylic acid groups (broad SMARTS) is 1. The summed E-state index contributed by atoms with van der Waals surface area (Å²) in [6, 6.07) is -1.04. The van der Waals surface area contributed by atoms with E-state index in [-0.39, 0.29) is 29.6 Å². The van der Waals surface area contributed by atoms with Crippen LogP contribution >= 0.6 is 35.3 Å². The molecule has 3 aliphatic rings. The van der Waals surface area contributed by atoms with Crippen molar-refractivity contribution in [3.05, 3.63) is 22.9 Å². The van der Waals surface area contributed by atoms with Crippen LogP contribution in [0, 0.1) is 12.3 Å². The molecule has 1 aromatic rings. The van der Waals surface area contributed by atoms with Gasteiger partial charge in [-0.05, 0) is 42.2 Å². The molecule has 0 aromatic carbocycles. The van der Waals surface area contributed by atoms with Gasteiger partial charge < -0.3 is 25.7 Å². The maximum absolute atomic E-state index is 13.3. The molecule has 0 saturated carbocycles. The number of amidine groups is 1. The third-order valence-corrected chi connectivity index (χ3v) is 8.73. The van der Waals surface area contributed by atoms with Gasteiger partial charge in [-0.3, -0.25) is 19.4 Å². The van der Waals surface area contributed by atoms with Gasteiger partial charge in [0.05, 0.1) is 0 Å². The standard InChI is InChI=1S/C23H27N9O7S3/c1-5-6-31-22(26-28-29-31)42-11-12-10-41-19-14(18(35)32(19)15(12)20(36)37)25-17(34)16(30-7-8-40-21(30)24)27-38-9-13(33)39-23(2,3)4/h1,7-8,14,19,21H,6,9-11,24H2,2-4H3,(H,25,34)(H,36,37)/t14?,19-,21?/m1/s1. The monoisotopic (exact) mass is 637 g/mol. The summed E-state index contributed by atoms with van der Waals surface area (Å²) in [7, 11) is 0. The number of esters is 1. The van der Waals surface area contributed by atoms with Crippen LogP contribution in [0.25, 0.3) is 0 Å². The first-order valence-corrected chi connectivity index (χ1v) is 15.2. The number of nitrogens with zero attached hydrogens (tertiary/aromatic N) is 7. The molecule has 0 aliphatic carbocycles. The normalized spacial score (nSPS) is 21.9. The largest absolute Gasteiger partial charge is 0.477 e. The number of nitrogens with two attached hydrogens (primary N) is 1. The third kappa shape index (κ3) is 7.00. The molecule has 3 atom stereocenters. The Morgan fingerprint density at radius 1 is 1.38 bits per heavy atom. The number of terminal acetylenes is 1. The van der Waals surface area contributed by atoms with E-state index >= 15 is 0 Å². The number of ether oxygens (including phenoxy) is 1. The topological polar surface area (TPSA) is 207 Å². The first-order chi connectivity index (χ1) is 19.9. The summed E-state index contributed by atoms with van der Waals surface area (Å²) in [5, 5.41) is 29.0. The molecule has 224 valence electrons. The molecule has 42 heavy (non-hydrogen) atoms. The van der Waals surface area contributed by atoms with E-state index in [4.69, 9.17) is 21.7 Å². The summed E-state index contributed by atoms with van der Waals surface area (Å²) in [4.78, 5) is 58.2. The maximum atomic E-state index is 13.3. The minimum Gasteiger partial charge on any atom is -0.477 e. The molecule has 2 amide bonds. The van der Waals surface area contributed by atoms with Crippen molar-refractivity contribution < 1.29 is 33.9 Å². The minimum absolute atomic E-state index is 0.150. The summed E-state index contributed by atoms with van der Waals surface area (Å²) in [5.41, 5.74) is 4.93. The Balaban J connectivity index is 1.45. The lowest BCUT2D eigenvalue weighted by Crippen LogP contribution is -2.71.